The van der Waals surface area contributed by atoms with Gasteiger partial charge in [-0.3, -0.25) is 0 Å². The molecule has 1 aliphatic carbocycles. The Morgan fingerprint density at radius 2 is 1.72 bits per heavy atom. The van der Waals surface area contributed by atoms with Crippen molar-refractivity contribution in [3.05, 3.63) is 17.7 Å². The van der Waals surface area contributed by atoms with Crippen LogP contribution in [0.3, 0.4) is 0 Å². The van der Waals surface area contributed by atoms with E-state index in [9.17, 15) is 0 Å². The third kappa shape index (κ3) is 2.19. The highest BCUT2D eigenvalue weighted by atomic mass is 32.2. The molecule has 1 fully saturated rings. The van der Waals surface area contributed by atoms with Crippen molar-refractivity contribution in [3.8, 4) is 11.5 Å². The molecule has 2 rings (SSSR count). The standard InChI is InChI=1S/C14H21NO2S/c1-16-12-10(14(15)8-4-5-9-14)6-7-11(18-3)13(12)17-2/h6-7H,4-5,8-9,15H2,1-3H3. The Morgan fingerprint density at radius 1 is 1.11 bits per heavy atom. The van der Waals surface area contributed by atoms with Crippen LogP contribution in [0.2, 0.25) is 0 Å². The molecule has 1 saturated carbocycles. The van der Waals surface area contributed by atoms with E-state index in [2.05, 4.69) is 12.1 Å². The molecule has 3 nitrogen and oxygen atoms in total. The van der Waals surface area contributed by atoms with Crippen LogP contribution in [-0.4, -0.2) is 20.5 Å². The summed E-state index contributed by atoms with van der Waals surface area (Å²) in [6.45, 7) is 0. The summed E-state index contributed by atoms with van der Waals surface area (Å²) >= 11 is 1.65. The van der Waals surface area contributed by atoms with Crippen molar-refractivity contribution >= 4 is 11.8 Å². The Bertz CT molecular complexity index is 428. The van der Waals surface area contributed by atoms with Crippen LogP contribution in [-0.2, 0) is 5.54 Å². The summed E-state index contributed by atoms with van der Waals surface area (Å²) in [6, 6.07) is 4.17. The molecule has 100 valence electrons. The van der Waals surface area contributed by atoms with Gasteiger partial charge >= 0.3 is 0 Å². The summed E-state index contributed by atoms with van der Waals surface area (Å²) in [5.41, 5.74) is 7.36. The zero-order chi connectivity index (χ0) is 13.2. The van der Waals surface area contributed by atoms with Gasteiger partial charge in [-0.05, 0) is 25.2 Å². The SMILES string of the molecule is COc1c(SC)ccc(C2(N)CCCC2)c1OC. The lowest BCUT2D eigenvalue weighted by Gasteiger charge is -2.27. The topological polar surface area (TPSA) is 44.5 Å². The predicted molar refractivity (Wildman–Crippen MR) is 75.7 cm³/mol. The van der Waals surface area contributed by atoms with Crippen LogP contribution in [0.1, 0.15) is 31.2 Å². The van der Waals surface area contributed by atoms with E-state index in [1.165, 1.54) is 12.8 Å². The van der Waals surface area contributed by atoms with Gasteiger partial charge in [0.2, 0.25) is 0 Å². The minimum atomic E-state index is -0.254. The number of ether oxygens (including phenoxy) is 2. The summed E-state index contributed by atoms with van der Waals surface area (Å²) in [6.07, 6.45) is 6.44. The van der Waals surface area contributed by atoms with Gasteiger partial charge in [0.15, 0.2) is 11.5 Å². The zero-order valence-electron chi connectivity index (χ0n) is 11.3. The van der Waals surface area contributed by atoms with Crippen LogP contribution < -0.4 is 15.2 Å². The highest BCUT2D eigenvalue weighted by molar-refractivity contribution is 7.98. The molecule has 0 heterocycles. The van der Waals surface area contributed by atoms with Crippen LogP contribution in [0, 0.1) is 0 Å². The molecule has 0 radical (unpaired) electrons. The Kier molecular flexibility index (Phi) is 4.07. The molecule has 0 saturated heterocycles. The maximum Gasteiger partial charge on any atom is 0.174 e. The van der Waals surface area contributed by atoms with Crippen molar-refractivity contribution in [1.29, 1.82) is 0 Å². The normalized spacial score (nSPS) is 17.8. The van der Waals surface area contributed by atoms with Crippen LogP contribution >= 0.6 is 11.8 Å². The number of hydrogen-bond acceptors (Lipinski definition) is 4. The van der Waals surface area contributed by atoms with Crippen LogP contribution in [0.4, 0.5) is 0 Å². The summed E-state index contributed by atoms with van der Waals surface area (Å²) in [5.74, 6) is 1.60. The van der Waals surface area contributed by atoms with Gasteiger partial charge in [-0.2, -0.15) is 0 Å². The van der Waals surface area contributed by atoms with E-state index in [1.54, 1.807) is 26.0 Å². The number of rotatable bonds is 4. The van der Waals surface area contributed by atoms with Crippen LogP contribution in [0.15, 0.2) is 17.0 Å². The van der Waals surface area contributed by atoms with E-state index in [-0.39, 0.29) is 5.54 Å². The van der Waals surface area contributed by atoms with E-state index in [0.29, 0.717) is 0 Å². The molecule has 0 spiro atoms. The van der Waals surface area contributed by atoms with Crippen molar-refractivity contribution < 1.29 is 9.47 Å². The van der Waals surface area contributed by atoms with E-state index in [1.807, 2.05) is 6.26 Å². The van der Waals surface area contributed by atoms with Gasteiger partial charge in [0.05, 0.1) is 19.1 Å². The third-order valence-corrected chi connectivity index (χ3v) is 4.50. The number of hydrogen-bond donors (Lipinski definition) is 1. The largest absolute Gasteiger partial charge is 0.492 e. The van der Waals surface area contributed by atoms with Gasteiger partial charge in [-0.25, -0.2) is 0 Å². The Hall–Kier alpha value is -0.870. The van der Waals surface area contributed by atoms with Crippen molar-refractivity contribution in [2.24, 2.45) is 5.73 Å². The fourth-order valence-electron chi connectivity index (χ4n) is 2.77. The fourth-order valence-corrected chi connectivity index (χ4v) is 3.33. The first-order valence-electron chi connectivity index (χ1n) is 6.24. The van der Waals surface area contributed by atoms with Crippen LogP contribution in [0.25, 0.3) is 0 Å². The molecule has 0 amide bonds. The van der Waals surface area contributed by atoms with Gasteiger partial charge in [0.25, 0.3) is 0 Å². The molecule has 0 aliphatic heterocycles. The molecule has 0 atom stereocenters. The molecule has 0 bridgehead atoms. The fraction of sp³-hybridized carbons (Fsp3) is 0.571. The lowest BCUT2D eigenvalue weighted by Crippen LogP contribution is -2.33. The average Bonchev–Trinajstić information content (AvgIpc) is 2.84. The Morgan fingerprint density at radius 3 is 2.22 bits per heavy atom. The molecular weight excluding hydrogens is 246 g/mol. The minimum Gasteiger partial charge on any atom is -0.492 e. The summed E-state index contributed by atoms with van der Waals surface area (Å²) in [5, 5.41) is 0. The van der Waals surface area contributed by atoms with Crippen LogP contribution in [0.5, 0.6) is 11.5 Å². The summed E-state index contributed by atoms with van der Waals surface area (Å²) in [4.78, 5) is 1.08. The van der Waals surface area contributed by atoms with E-state index >= 15 is 0 Å². The molecule has 4 heteroatoms. The number of nitrogens with two attached hydrogens (primary N) is 1. The van der Waals surface area contributed by atoms with Crippen molar-refractivity contribution in [3.63, 3.8) is 0 Å². The van der Waals surface area contributed by atoms with E-state index < -0.39 is 0 Å². The number of methoxy groups -OCH3 is 2. The molecule has 0 aromatic heterocycles. The van der Waals surface area contributed by atoms with Crippen molar-refractivity contribution in [2.45, 2.75) is 36.1 Å². The average molecular weight is 267 g/mol. The zero-order valence-corrected chi connectivity index (χ0v) is 12.1. The quantitative estimate of drug-likeness (QED) is 0.851. The van der Waals surface area contributed by atoms with Gasteiger partial charge < -0.3 is 15.2 Å². The Balaban J connectivity index is 2.54. The van der Waals surface area contributed by atoms with Gasteiger partial charge in [-0.15, -0.1) is 11.8 Å². The molecule has 2 N–H and O–H groups in total. The lowest BCUT2D eigenvalue weighted by atomic mass is 9.88. The smallest absolute Gasteiger partial charge is 0.174 e. The predicted octanol–water partition coefficient (Wildman–Crippen LogP) is 3.15. The van der Waals surface area contributed by atoms with Crippen molar-refractivity contribution in [2.75, 3.05) is 20.5 Å². The summed E-state index contributed by atoms with van der Waals surface area (Å²) < 4.78 is 11.1. The first-order valence-corrected chi connectivity index (χ1v) is 7.47. The molecule has 1 aliphatic rings. The number of benzene rings is 1. The first kappa shape index (κ1) is 13.6. The summed E-state index contributed by atoms with van der Waals surface area (Å²) in [7, 11) is 3.36. The second-order valence-corrected chi connectivity index (χ2v) is 5.59. The molecule has 1 aromatic carbocycles. The second-order valence-electron chi connectivity index (χ2n) is 4.75. The third-order valence-electron chi connectivity index (χ3n) is 3.74. The minimum absolute atomic E-state index is 0.254. The van der Waals surface area contributed by atoms with Gasteiger partial charge in [-0.1, -0.05) is 18.9 Å². The maximum absolute atomic E-state index is 6.53. The highest BCUT2D eigenvalue weighted by Crippen LogP contribution is 2.47. The van der Waals surface area contributed by atoms with Gasteiger partial charge in [0, 0.05) is 11.1 Å². The monoisotopic (exact) mass is 267 g/mol. The molecule has 1 aromatic rings. The highest BCUT2D eigenvalue weighted by Gasteiger charge is 2.35. The molecule has 0 unspecified atom stereocenters. The molecule has 18 heavy (non-hydrogen) atoms. The second kappa shape index (κ2) is 5.41. The lowest BCUT2D eigenvalue weighted by molar-refractivity contribution is 0.331. The maximum atomic E-state index is 6.53. The molecular formula is C14H21NO2S. The van der Waals surface area contributed by atoms with E-state index in [0.717, 1.165) is 34.8 Å². The first-order chi connectivity index (χ1) is 8.66. The van der Waals surface area contributed by atoms with E-state index in [4.69, 9.17) is 15.2 Å². The number of thioether (sulfide) groups is 1. The Labute approximate surface area is 113 Å². The van der Waals surface area contributed by atoms with Gasteiger partial charge in [0.1, 0.15) is 0 Å². The van der Waals surface area contributed by atoms with Crippen molar-refractivity contribution in [1.82, 2.24) is 0 Å².